The molecule has 1 N–H and O–H groups in total. The van der Waals surface area contributed by atoms with Crippen molar-refractivity contribution in [2.24, 2.45) is 17.8 Å². The Labute approximate surface area is 152 Å². The van der Waals surface area contributed by atoms with Crippen molar-refractivity contribution in [3.05, 3.63) is 35.7 Å². The highest BCUT2D eigenvalue weighted by Gasteiger charge is 2.59. The lowest BCUT2D eigenvalue weighted by Crippen LogP contribution is -2.43. The van der Waals surface area contributed by atoms with E-state index in [9.17, 15) is 23.1 Å². The largest absolute Gasteiger partial charge is 0.471 e. The van der Waals surface area contributed by atoms with E-state index in [2.05, 4.69) is 14.7 Å². The van der Waals surface area contributed by atoms with Gasteiger partial charge < -0.3 is 14.5 Å². The Morgan fingerprint density at radius 3 is 2.56 bits per heavy atom. The summed E-state index contributed by atoms with van der Waals surface area (Å²) in [6, 6.07) is 5.96. The summed E-state index contributed by atoms with van der Waals surface area (Å²) in [5, 5.41) is 13.8. The number of carbonyl (C=O) groups excluding carboxylic acids is 1. The average molecular weight is 379 g/mol. The first-order valence-corrected chi connectivity index (χ1v) is 8.83. The molecule has 0 unspecified atom stereocenters. The molecule has 1 saturated heterocycles. The molecule has 1 aliphatic heterocycles. The maximum absolute atomic E-state index is 12.9. The van der Waals surface area contributed by atoms with Gasteiger partial charge in [-0.3, -0.25) is 4.79 Å². The van der Waals surface area contributed by atoms with E-state index in [4.69, 9.17) is 0 Å². The lowest BCUT2D eigenvalue weighted by Gasteiger charge is -2.29. The van der Waals surface area contributed by atoms with Gasteiger partial charge in [-0.2, -0.15) is 18.2 Å². The van der Waals surface area contributed by atoms with Crippen LogP contribution in [0.5, 0.6) is 0 Å². The molecular weight excluding hydrogens is 363 g/mol. The first-order chi connectivity index (χ1) is 12.8. The van der Waals surface area contributed by atoms with Gasteiger partial charge in [0, 0.05) is 17.7 Å². The summed E-state index contributed by atoms with van der Waals surface area (Å²) in [5.74, 6) is -0.611. The molecule has 1 aromatic carbocycles. The Bertz CT molecular complexity index is 893. The van der Waals surface area contributed by atoms with Crippen molar-refractivity contribution in [3.63, 3.8) is 0 Å². The zero-order valence-electron chi connectivity index (χ0n) is 14.1. The van der Waals surface area contributed by atoms with Crippen LogP contribution in [0.3, 0.4) is 0 Å². The molecule has 0 radical (unpaired) electrons. The van der Waals surface area contributed by atoms with E-state index in [1.807, 2.05) is 0 Å². The summed E-state index contributed by atoms with van der Waals surface area (Å²) in [4.78, 5) is 18.0. The zero-order valence-corrected chi connectivity index (χ0v) is 14.1. The Morgan fingerprint density at radius 2 is 1.93 bits per heavy atom. The highest BCUT2D eigenvalue weighted by Crippen LogP contribution is 2.55. The van der Waals surface area contributed by atoms with Crippen molar-refractivity contribution in [1.29, 1.82) is 0 Å². The van der Waals surface area contributed by atoms with Crippen LogP contribution in [0, 0.1) is 17.8 Å². The monoisotopic (exact) mass is 379 g/mol. The lowest BCUT2D eigenvalue weighted by molar-refractivity contribution is -0.159. The average Bonchev–Trinajstić information content (AvgIpc) is 3.36. The highest BCUT2D eigenvalue weighted by atomic mass is 19.4. The normalized spacial score (nSPS) is 31.7. The van der Waals surface area contributed by atoms with E-state index >= 15 is 0 Å². The number of aliphatic hydroxyl groups is 1. The van der Waals surface area contributed by atoms with Crippen molar-refractivity contribution in [1.82, 2.24) is 15.0 Å². The molecule has 3 aliphatic rings. The number of alkyl halides is 3. The fourth-order valence-electron chi connectivity index (χ4n) is 5.03. The van der Waals surface area contributed by atoms with Crippen LogP contribution in [0.4, 0.5) is 13.2 Å². The van der Waals surface area contributed by atoms with Crippen LogP contribution in [0.15, 0.2) is 28.8 Å². The predicted octanol–water partition coefficient (Wildman–Crippen LogP) is 2.60. The standard InChI is InChI=1S/C18H16F3N3O3/c19-18(20,21)17-22-15(23-27-17)8-1-3-9(4-2-8)16(26)24-7-11-5-10-6-12(11)13(24)14(10)25/h1-4,10-14,25H,5-7H2/t10-,11-,12+,13+,14-/m0/s1. The highest BCUT2D eigenvalue weighted by molar-refractivity contribution is 5.95. The topological polar surface area (TPSA) is 79.5 Å². The summed E-state index contributed by atoms with van der Waals surface area (Å²) >= 11 is 0. The number of hydrogen-bond acceptors (Lipinski definition) is 5. The van der Waals surface area contributed by atoms with Gasteiger partial charge in [-0.05, 0) is 42.7 Å². The van der Waals surface area contributed by atoms with Gasteiger partial charge in [-0.1, -0.05) is 17.3 Å². The summed E-state index contributed by atoms with van der Waals surface area (Å²) in [5.41, 5.74) is 0.753. The number of likely N-dealkylation sites (tertiary alicyclic amines) is 1. The van der Waals surface area contributed by atoms with Gasteiger partial charge in [0.05, 0.1) is 12.1 Å². The van der Waals surface area contributed by atoms with E-state index in [0.717, 1.165) is 12.8 Å². The van der Waals surface area contributed by atoms with Crippen LogP contribution in [0.2, 0.25) is 0 Å². The molecule has 5 rings (SSSR count). The van der Waals surface area contributed by atoms with E-state index in [1.54, 1.807) is 17.0 Å². The molecule has 2 aromatic rings. The van der Waals surface area contributed by atoms with Crippen LogP contribution in [0.25, 0.3) is 11.4 Å². The maximum atomic E-state index is 12.9. The van der Waals surface area contributed by atoms with Crippen LogP contribution in [-0.4, -0.2) is 44.7 Å². The third-order valence-electron chi connectivity index (χ3n) is 6.17. The second-order valence-corrected chi connectivity index (χ2v) is 7.59. The molecule has 9 heteroatoms. The van der Waals surface area contributed by atoms with E-state index in [1.165, 1.54) is 12.1 Å². The number of aromatic nitrogens is 2. The fourth-order valence-corrected chi connectivity index (χ4v) is 5.03. The molecule has 1 amide bonds. The lowest BCUT2D eigenvalue weighted by atomic mass is 9.88. The van der Waals surface area contributed by atoms with Gasteiger partial charge in [0.15, 0.2) is 0 Å². The molecule has 142 valence electrons. The third-order valence-corrected chi connectivity index (χ3v) is 6.17. The quantitative estimate of drug-likeness (QED) is 0.868. The minimum atomic E-state index is -4.70. The second kappa shape index (κ2) is 5.54. The van der Waals surface area contributed by atoms with Crippen LogP contribution in [0.1, 0.15) is 29.1 Å². The number of fused-ring (bicyclic) bond motifs is 1. The number of aliphatic hydroxyl groups excluding tert-OH is 1. The molecule has 3 fully saturated rings. The SMILES string of the molecule is O=C(c1ccc(-c2noc(C(F)(F)F)n2)cc1)N1C[C@@H]2C[C@H]3C[C@H]2[C@@H]1[C@H]3O. The van der Waals surface area contributed by atoms with Gasteiger partial charge in [-0.15, -0.1) is 0 Å². The van der Waals surface area contributed by atoms with Crippen molar-refractivity contribution in [2.75, 3.05) is 6.54 Å². The second-order valence-electron chi connectivity index (χ2n) is 7.59. The number of rotatable bonds is 2. The number of halogens is 3. The molecule has 27 heavy (non-hydrogen) atoms. The maximum Gasteiger partial charge on any atom is 0.471 e. The van der Waals surface area contributed by atoms with Crippen molar-refractivity contribution in [2.45, 2.75) is 31.2 Å². The number of benzene rings is 1. The van der Waals surface area contributed by atoms with Crippen molar-refractivity contribution in [3.8, 4) is 11.4 Å². The molecule has 2 aliphatic carbocycles. The van der Waals surface area contributed by atoms with Crippen LogP contribution < -0.4 is 0 Å². The first-order valence-electron chi connectivity index (χ1n) is 8.83. The number of hydrogen-bond donors (Lipinski definition) is 1. The molecule has 2 saturated carbocycles. The minimum Gasteiger partial charge on any atom is -0.391 e. The van der Waals surface area contributed by atoms with Gasteiger partial charge in [-0.25, -0.2) is 0 Å². The smallest absolute Gasteiger partial charge is 0.391 e. The van der Waals surface area contributed by atoms with Gasteiger partial charge in [0.2, 0.25) is 5.82 Å². The van der Waals surface area contributed by atoms with Crippen molar-refractivity contribution < 1.29 is 27.6 Å². The Hall–Kier alpha value is -2.42. The van der Waals surface area contributed by atoms with E-state index in [0.29, 0.717) is 35.4 Å². The first kappa shape index (κ1) is 16.7. The van der Waals surface area contributed by atoms with Gasteiger partial charge in [0.1, 0.15) is 0 Å². The number of carbonyl (C=O) groups is 1. The molecule has 5 atom stereocenters. The summed E-state index contributed by atoms with van der Waals surface area (Å²) in [7, 11) is 0. The zero-order chi connectivity index (χ0) is 18.9. The Morgan fingerprint density at radius 1 is 1.19 bits per heavy atom. The molecule has 6 nitrogen and oxygen atoms in total. The van der Waals surface area contributed by atoms with Crippen molar-refractivity contribution >= 4 is 5.91 Å². The molecule has 2 heterocycles. The van der Waals surface area contributed by atoms with Crippen LogP contribution in [-0.2, 0) is 6.18 Å². The van der Waals surface area contributed by atoms with Gasteiger partial charge in [0.25, 0.3) is 5.91 Å². The number of nitrogens with zero attached hydrogens (tertiary/aromatic N) is 3. The van der Waals surface area contributed by atoms with E-state index < -0.39 is 18.2 Å². The Kier molecular flexibility index (Phi) is 3.43. The molecule has 2 bridgehead atoms. The predicted molar refractivity (Wildman–Crippen MR) is 85.3 cm³/mol. The summed E-state index contributed by atoms with van der Waals surface area (Å²) in [6.45, 7) is 0.656. The minimum absolute atomic E-state index is 0.118. The Balaban J connectivity index is 1.36. The summed E-state index contributed by atoms with van der Waals surface area (Å²) < 4.78 is 41.9. The summed E-state index contributed by atoms with van der Waals surface area (Å²) in [6.07, 6.45) is -3.20. The number of amides is 1. The van der Waals surface area contributed by atoms with E-state index in [-0.39, 0.29) is 17.8 Å². The molecular formula is C18H16F3N3O3. The van der Waals surface area contributed by atoms with Crippen LogP contribution >= 0.6 is 0 Å². The third kappa shape index (κ3) is 2.48. The van der Waals surface area contributed by atoms with Gasteiger partial charge >= 0.3 is 12.1 Å². The molecule has 1 aromatic heterocycles. The molecule has 0 spiro atoms. The fraction of sp³-hybridized carbons (Fsp3) is 0.500.